The maximum Gasteiger partial charge on any atom is 0.360 e. The van der Waals surface area contributed by atoms with E-state index in [1.54, 1.807) is 0 Å². The lowest BCUT2D eigenvalue weighted by atomic mass is 9.91. The summed E-state index contributed by atoms with van der Waals surface area (Å²) in [6.45, 7) is 0. The molecule has 9 nitrogen and oxygen atoms in total. The van der Waals surface area contributed by atoms with Gasteiger partial charge in [0.25, 0.3) is 5.34 Å². The number of rotatable bonds is 10. The highest BCUT2D eigenvalue weighted by molar-refractivity contribution is 7.25. The van der Waals surface area contributed by atoms with Gasteiger partial charge in [-0.1, -0.05) is 4.57 Å². The van der Waals surface area contributed by atoms with Crippen LogP contribution < -0.4 is 5.73 Å². The van der Waals surface area contributed by atoms with Crippen LogP contribution in [0.25, 0.3) is 0 Å². The first-order valence-electron chi connectivity index (χ1n) is 5.68. The van der Waals surface area contributed by atoms with Crippen molar-refractivity contribution >= 4 is 26.4 Å². The van der Waals surface area contributed by atoms with Gasteiger partial charge in [-0.05, 0) is 12.8 Å². The summed E-state index contributed by atoms with van der Waals surface area (Å²) in [5.41, 5.74) is 5.23. The summed E-state index contributed by atoms with van der Waals surface area (Å²) < 4.78 is 11.1. The summed E-state index contributed by atoms with van der Waals surface area (Å²) >= 11 is 0. The van der Waals surface area contributed by atoms with Gasteiger partial charge in [-0.25, -0.2) is 0 Å². The molecule has 0 radical (unpaired) electrons. The third kappa shape index (κ3) is 5.60. The Bertz CT molecular complexity index is 401. The predicted octanol–water partition coefficient (Wildman–Crippen LogP) is -0.543. The molecule has 0 aliphatic rings. The van der Waals surface area contributed by atoms with E-state index < -0.39 is 62.9 Å². The SMILES string of the molecule is NC(CCC(O)([PH+]=O)C(CCC(=O)O)C(=O)O)C(=O)O. The number of hydrogen-bond acceptors (Lipinski definition) is 6. The van der Waals surface area contributed by atoms with E-state index in [4.69, 9.17) is 21.1 Å². The molecule has 4 unspecified atom stereocenters. The van der Waals surface area contributed by atoms with E-state index in [0.29, 0.717) is 0 Å². The molecule has 0 bridgehead atoms. The summed E-state index contributed by atoms with van der Waals surface area (Å²) in [6, 6.07) is -1.33. The monoisotopic (exact) mass is 310 g/mol. The van der Waals surface area contributed by atoms with Crippen LogP contribution in [-0.4, -0.2) is 49.7 Å². The van der Waals surface area contributed by atoms with Crippen LogP contribution in [0.4, 0.5) is 0 Å². The van der Waals surface area contributed by atoms with E-state index >= 15 is 0 Å². The fraction of sp³-hybridized carbons (Fsp3) is 0.700. The van der Waals surface area contributed by atoms with Crippen molar-refractivity contribution in [2.75, 3.05) is 0 Å². The zero-order valence-electron chi connectivity index (χ0n) is 10.5. The highest BCUT2D eigenvalue weighted by Crippen LogP contribution is 2.37. The number of carboxylic acids is 3. The lowest BCUT2D eigenvalue weighted by Gasteiger charge is -2.22. The van der Waals surface area contributed by atoms with Gasteiger partial charge in [0.05, 0.1) is 0 Å². The van der Waals surface area contributed by atoms with Crippen LogP contribution in [0.2, 0.25) is 0 Å². The van der Waals surface area contributed by atoms with Crippen molar-refractivity contribution in [3.05, 3.63) is 0 Å². The van der Waals surface area contributed by atoms with Crippen LogP contribution >= 0.6 is 8.46 Å². The molecule has 0 rings (SSSR count). The second-order valence-corrected chi connectivity index (χ2v) is 5.40. The molecule has 0 aliphatic carbocycles. The van der Waals surface area contributed by atoms with Gasteiger partial charge in [-0.15, -0.1) is 0 Å². The molecule has 0 aromatic heterocycles. The zero-order chi connectivity index (χ0) is 15.9. The molecular formula is C10H17NO8P+. The Kier molecular flexibility index (Phi) is 7.26. The van der Waals surface area contributed by atoms with Crippen LogP contribution in [-0.2, 0) is 18.9 Å². The van der Waals surface area contributed by atoms with Crippen LogP contribution in [0.15, 0.2) is 0 Å². The second-order valence-electron chi connectivity index (χ2n) is 4.33. The number of hydrogen-bond donors (Lipinski definition) is 5. The van der Waals surface area contributed by atoms with Gasteiger partial charge in [-0.2, -0.15) is 0 Å². The number of aliphatic hydroxyl groups is 1. The Morgan fingerprint density at radius 2 is 1.65 bits per heavy atom. The molecule has 0 fully saturated rings. The van der Waals surface area contributed by atoms with Gasteiger partial charge in [0.2, 0.25) is 0 Å². The first kappa shape index (κ1) is 18.4. The number of carboxylic acid groups (broad SMARTS) is 3. The van der Waals surface area contributed by atoms with E-state index in [2.05, 4.69) is 0 Å². The maximum absolute atomic E-state index is 11.1. The minimum atomic E-state index is -2.20. The molecule has 4 atom stereocenters. The molecule has 114 valence electrons. The van der Waals surface area contributed by atoms with Gasteiger partial charge < -0.3 is 26.2 Å². The Balaban J connectivity index is 4.93. The molecule has 6 N–H and O–H groups in total. The topological polar surface area (TPSA) is 175 Å². The summed E-state index contributed by atoms with van der Waals surface area (Å²) in [5, 5.41) is 34.0. The summed E-state index contributed by atoms with van der Waals surface area (Å²) in [5.74, 6) is -5.66. The van der Waals surface area contributed by atoms with E-state index in [9.17, 15) is 24.1 Å². The fourth-order valence-electron chi connectivity index (χ4n) is 1.63. The minimum Gasteiger partial charge on any atom is -0.481 e. The van der Waals surface area contributed by atoms with Crippen LogP contribution in [0.5, 0.6) is 0 Å². The highest BCUT2D eigenvalue weighted by Gasteiger charge is 2.49. The first-order chi connectivity index (χ1) is 9.14. The minimum absolute atomic E-state index is 0.280. The highest BCUT2D eigenvalue weighted by atomic mass is 31.1. The van der Waals surface area contributed by atoms with Gasteiger partial charge >= 0.3 is 26.4 Å². The van der Waals surface area contributed by atoms with Gasteiger partial charge in [0, 0.05) is 12.8 Å². The standard InChI is InChI=1S/C10H16NO8P/c11-6(9(16)17)3-4-10(18,20-19)5(8(14)15)1-2-7(12)13/h5-6,18H,1-4,11H2,(H,12,13)(H,14,15)(H,16,17)/p+1. The number of aliphatic carboxylic acids is 3. The Morgan fingerprint density at radius 3 is 2.00 bits per heavy atom. The largest absolute Gasteiger partial charge is 0.481 e. The number of nitrogens with two attached hydrogens (primary N) is 1. The van der Waals surface area contributed by atoms with Gasteiger partial charge in [0.15, 0.2) is 0 Å². The summed E-state index contributed by atoms with van der Waals surface area (Å²) in [4.78, 5) is 32.1. The molecule has 0 saturated carbocycles. The average Bonchev–Trinajstić information content (AvgIpc) is 2.34. The fourth-order valence-corrected chi connectivity index (χ4v) is 2.29. The summed E-state index contributed by atoms with van der Waals surface area (Å²) in [7, 11) is -1.45. The van der Waals surface area contributed by atoms with E-state index in [1.165, 1.54) is 0 Å². The molecule has 0 saturated heterocycles. The molecule has 10 heteroatoms. The molecular weight excluding hydrogens is 293 g/mol. The lowest BCUT2D eigenvalue weighted by Crippen LogP contribution is -2.40. The number of carbonyl (C=O) groups is 3. The zero-order valence-corrected chi connectivity index (χ0v) is 11.5. The first-order valence-corrected chi connectivity index (χ1v) is 6.59. The van der Waals surface area contributed by atoms with E-state index in [1.807, 2.05) is 0 Å². The molecule has 0 aliphatic heterocycles. The second kappa shape index (κ2) is 7.88. The molecule has 0 aromatic rings. The van der Waals surface area contributed by atoms with Crippen molar-refractivity contribution < 1.29 is 39.4 Å². The van der Waals surface area contributed by atoms with Gasteiger partial charge in [-0.3, -0.25) is 14.4 Å². The van der Waals surface area contributed by atoms with Crippen molar-refractivity contribution in [3.63, 3.8) is 0 Å². The summed E-state index contributed by atoms with van der Waals surface area (Å²) in [6.07, 6.45) is -1.63. The smallest absolute Gasteiger partial charge is 0.360 e. The molecule has 20 heavy (non-hydrogen) atoms. The predicted molar refractivity (Wildman–Crippen MR) is 66.8 cm³/mol. The van der Waals surface area contributed by atoms with Gasteiger partial charge in [0.1, 0.15) is 12.0 Å². The quantitative estimate of drug-likeness (QED) is 0.331. The van der Waals surface area contributed by atoms with Crippen molar-refractivity contribution in [2.45, 2.75) is 37.1 Å². The Labute approximate surface area is 115 Å². The Morgan fingerprint density at radius 1 is 1.10 bits per heavy atom. The van der Waals surface area contributed by atoms with E-state index in [0.717, 1.165) is 0 Å². The molecule has 0 aromatic carbocycles. The molecule has 0 spiro atoms. The lowest BCUT2D eigenvalue weighted by molar-refractivity contribution is -0.148. The van der Waals surface area contributed by atoms with E-state index in [-0.39, 0.29) is 6.42 Å². The van der Waals surface area contributed by atoms with Crippen LogP contribution in [0.1, 0.15) is 25.7 Å². The van der Waals surface area contributed by atoms with Crippen LogP contribution in [0, 0.1) is 5.92 Å². The molecule has 0 heterocycles. The normalized spacial score (nSPS) is 17.1. The third-order valence-corrected chi connectivity index (χ3v) is 3.80. The average molecular weight is 310 g/mol. The van der Waals surface area contributed by atoms with Crippen molar-refractivity contribution in [1.82, 2.24) is 0 Å². The van der Waals surface area contributed by atoms with Crippen molar-refractivity contribution in [1.29, 1.82) is 0 Å². The van der Waals surface area contributed by atoms with Crippen LogP contribution in [0.3, 0.4) is 0 Å². The Hall–Kier alpha value is -1.57. The van der Waals surface area contributed by atoms with Crippen molar-refractivity contribution in [3.8, 4) is 0 Å². The third-order valence-electron chi connectivity index (χ3n) is 2.85. The van der Waals surface area contributed by atoms with Crippen molar-refractivity contribution in [2.24, 2.45) is 11.7 Å². The molecule has 0 amide bonds. The maximum atomic E-state index is 11.1.